The topological polar surface area (TPSA) is 64.7 Å². The Morgan fingerprint density at radius 1 is 1.15 bits per heavy atom. The summed E-state index contributed by atoms with van der Waals surface area (Å²) in [5.41, 5.74) is 8.17. The van der Waals surface area contributed by atoms with Gasteiger partial charge in [0.1, 0.15) is 6.61 Å². The molecule has 3 N–H and O–H groups in total. The van der Waals surface area contributed by atoms with Gasteiger partial charge in [-0.2, -0.15) is 0 Å². The average molecular weight is 338 g/mol. The van der Waals surface area contributed by atoms with Crippen LogP contribution in [0.4, 0.5) is 5.69 Å². The van der Waals surface area contributed by atoms with Crippen LogP contribution >= 0.6 is 15.9 Å². The van der Waals surface area contributed by atoms with Gasteiger partial charge in [-0.25, -0.2) is 0 Å². The van der Waals surface area contributed by atoms with Gasteiger partial charge in [-0.05, 0) is 29.8 Å². The van der Waals surface area contributed by atoms with Crippen molar-refractivity contribution in [3.8, 4) is 11.5 Å². The maximum atomic E-state index is 9.10. The molecule has 0 spiro atoms. The summed E-state index contributed by atoms with van der Waals surface area (Å²) in [4.78, 5) is 0. The molecule has 0 aliphatic rings. The van der Waals surface area contributed by atoms with Crippen molar-refractivity contribution in [1.29, 1.82) is 0 Å². The second-order valence-corrected chi connectivity index (χ2v) is 5.14. The summed E-state index contributed by atoms with van der Waals surface area (Å²) in [6, 6.07) is 10.9. The summed E-state index contributed by atoms with van der Waals surface area (Å²) in [5, 5.41) is 9.10. The molecule has 0 bridgehead atoms. The van der Waals surface area contributed by atoms with Crippen LogP contribution in [0, 0.1) is 0 Å². The first-order valence-electron chi connectivity index (χ1n) is 6.08. The molecule has 0 aliphatic heterocycles. The molecular formula is C15H16BrNO3. The summed E-state index contributed by atoms with van der Waals surface area (Å²) in [6.07, 6.45) is 0. The Morgan fingerprint density at radius 3 is 2.60 bits per heavy atom. The number of ether oxygens (including phenoxy) is 2. The van der Waals surface area contributed by atoms with Gasteiger partial charge in [0.25, 0.3) is 0 Å². The van der Waals surface area contributed by atoms with E-state index >= 15 is 0 Å². The highest BCUT2D eigenvalue weighted by Crippen LogP contribution is 2.30. The van der Waals surface area contributed by atoms with E-state index in [0.29, 0.717) is 23.8 Å². The predicted molar refractivity (Wildman–Crippen MR) is 81.8 cm³/mol. The summed E-state index contributed by atoms with van der Waals surface area (Å²) in [7, 11) is 1.57. The minimum atomic E-state index is -0.0276. The molecular weight excluding hydrogens is 322 g/mol. The lowest BCUT2D eigenvalue weighted by Crippen LogP contribution is -2.00. The normalized spacial score (nSPS) is 10.3. The van der Waals surface area contributed by atoms with Gasteiger partial charge in [0.05, 0.1) is 13.7 Å². The van der Waals surface area contributed by atoms with Crippen LogP contribution in [0.15, 0.2) is 40.9 Å². The molecule has 2 rings (SSSR count). The molecule has 0 aromatic heterocycles. The number of halogens is 1. The number of nitrogen functional groups attached to an aromatic ring is 1. The van der Waals surface area contributed by atoms with Crippen LogP contribution < -0.4 is 15.2 Å². The Bertz CT molecular complexity index is 602. The highest BCUT2D eigenvalue weighted by atomic mass is 79.9. The van der Waals surface area contributed by atoms with Crippen LogP contribution in [0.25, 0.3) is 0 Å². The molecule has 0 heterocycles. The number of rotatable bonds is 5. The lowest BCUT2D eigenvalue weighted by molar-refractivity contribution is 0.274. The van der Waals surface area contributed by atoms with Gasteiger partial charge in [-0.1, -0.05) is 28.1 Å². The zero-order chi connectivity index (χ0) is 14.5. The van der Waals surface area contributed by atoms with Gasteiger partial charge in [0.15, 0.2) is 11.5 Å². The van der Waals surface area contributed by atoms with Gasteiger partial charge >= 0.3 is 0 Å². The van der Waals surface area contributed by atoms with E-state index < -0.39 is 0 Å². The van der Waals surface area contributed by atoms with Gasteiger partial charge in [-0.3, -0.25) is 0 Å². The lowest BCUT2D eigenvalue weighted by atomic mass is 10.2. The summed E-state index contributed by atoms with van der Waals surface area (Å²) in [6.45, 7) is 0.371. The third-order valence-electron chi connectivity index (χ3n) is 2.87. The number of methoxy groups -OCH3 is 1. The van der Waals surface area contributed by atoms with E-state index in [1.165, 1.54) is 0 Å². The molecule has 20 heavy (non-hydrogen) atoms. The second kappa shape index (κ2) is 6.63. The van der Waals surface area contributed by atoms with Crippen LogP contribution in [0.3, 0.4) is 0 Å². The quantitative estimate of drug-likeness (QED) is 0.823. The molecule has 0 amide bonds. The van der Waals surface area contributed by atoms with E-state index in [-0.39, 0.29) is 6.61 Å². The van der Waals surface area contributed by atoms with Crippen molar-refractivity contribution in [3.63, 3.8) is 0 Å². The molecule has 5 heteroatoms. The molecule has 0 saturated carbocycles. The van der Waals surface area contributed by atoms with E-state index in [9.17, 15) is 0 Å². The predicted octanol–water partition coefficient (Wildman–Crippen LogP) is 3.11. The Hall–Kier alpha value is -1.72. The summed E-state index contributed by atoms with van der Waals surface area (Å²) in [5.74, 6) is 1.23. The van der Waals surface area contributed by atoms with Crippen LogP contribution in [0.5, 0.6) is 11.5 Å². The maximum Gasteiger partial charge on any atom is 0.161 e. The lowest BCUT2D eigenvalue weighted by Gasteiger charge is -2.12. The third kappa shape index (κ3) is 3.43. The fourth-order valence-corrected chi connectivity index (χ4v) is 2.28. The Kier molecular flexibility index (Phi) is 4.87. The van der Waals surface area contributed by atoms with Gasteiger partial charge in [0, 0.05) is 15.7 Å². The van der Waals surface area contributed by atoms with E-state index in [2.05, 4.69) is 15.9 Å². The van der Waals surface area contributed by atoms with Gasteiger partial charge in [-0.15, -0.1) is 0 Å². The van der Waals surface area contributed by atoms with E-state index in [4.69, 9.17) is 20.3 Å². The summed E-state index contributed by atoms with van der Waals surface area (Å²) >= 11 is 3.45. The average Bonchev–Trinajstić information content (AvgIpc) is 2.46. The monoisotopic (exact) mass is 337 g/mol. The van der Waals surface area contributed by atoms with Crippen molar-refractivity contribution in [2.45, 2.75) is 13.2 Å². The summed E-state index contributed by atoms with van der Waals surface area (Å²) < 4.78 is 11.9. The van der Waals surface area contributed by atoms with E-state index in [0.717, 1.165) is 15.6 Å². The number of aliphatic hydroxyl groups excluding tert-OH is 1. The van der Waals surface area contributed by atoms with Crippen LogP contribution in [-0.2, 0) is 13.2 Å². The minimum Gasteiger partial charge on any atom is -0.493 e. The smallest absolute Gasteiger partial charge is 0.161 e. The molecule has 0 saturated heterocycles. The standard InChI is InChI=1S/C15H16BrNO3/c1-19-15-6-10(8-18)2-5-14(15)20-9-11-3-4-12(17)7-13(11)16/h2-7,18H,8-9,17H2,1H3. The Labute approximate surface area is 126 Å². The molecule has 2 aromatic carbocycles. The molecule has 0 fully saturated rings. The Balaban J connectivity index is 2.14. The molecule has 4 nitrogen and oxygen atoms in total. The van der Waals surface area contributed by atoms with Gasteiger partial charge < -0.3 is 20.3 Å². The first-order valence-corrected chi connectivity index (χ1v) is 6.88. The maximum absolute atomic E-state index is 9.10. The number of hydrogen-bond acceptors (Lipinski definition) is 4. The fraction of sp³-hybridized carbons (Fsp3) is 0.200. The number of anilines is 1. The minimum absolute atomic E-state index is 0.0276. The molecule has 0 aliphatic carbocycles. The molecule has 0 radical (unpaired) electrons. The van der Waals surface area contributed by atoms with Crippen molar-refractivity contribution >= 4 is 21.6 Å². The zero-order valence-corrected chi connectivity index (χ0v) is 12.7. The second-order valence-electron chi connectivity index (χ2n) is 4.28. The molecule has 106 valence electrons. The van der Waals surface area contributed by atoms with Crippen molar-refractivity contribution < 1.29 is 14.6 Å². The van der Waals surface area contributed by atoms with Crippen LogP contribution in [0.2, 0.25) is 0 Å². The molecule has 0 unspecified atom stereocenters. The van der Waals surface area contributed by atoms with Crippen molar-refractivity contribution in [2.24, 2.45) is 0 Å². The van der Waals surface area contributed by atoms with Crippen LogP contribution in [0.1, 0.15) is 11.1 Å². The number of benzene rings is 2. The van der Waals surface area contributed by atoms with E-state index in [1.807, 2.05) is 18.2 Å². The molecule has 2 aromatic rings. The fourth-order valence-electron chi connectivity index (χ4n) is 1.77. The largest absolute Gasteiger partial charge is 0.493 e. The van der Waals surface area contributed by atoms with E-state index in [1.54, 1.807) is 25.3 Å². The first kappa shape index (κ1) is 14.7. The van der Waals surface area contributed by atoms with Crippen molar-refractivity contribution in [2.75, 3.05) is 12.8 Å². The highest BCUT2D eigenvalue weighted by Gasteiger charge is 2.07. The van der Waals surface area contributed by atoms with Gasteiger partial charge in [0.2, 0.25) is 0 Å². The highest BCUT2D eigenvalue weighted by molar-refractivity contribution is 9.10. The van der Waals surface area contributed by atoms with Crippen molar-refractivity contribution in [1.82, 2.24) is 0 Å². The van der Waals surface area contributed by atoms with Crippen LogP contribution in [-0.4, -0.2) is 12.2 Å². The zero-order valence-electron chi connectivity index (χ0n) is 11.1. The SMILES string of the molecule is COc1cc(CO)ccc1OCc1ccc(N)cc1Br. The number of nitrogens with two attached hydrogens (primary N) is 1. The number of hydrogen-bond donors (Lipinski definition) is 2. The molecule has 0 atom stereocenters. The third-order valence-corrected chi connectivity index (χ3v) is 3.61. The Morgan fingerprint density at radius 2 is 1.95 bits per heavy atom. The van der Waals surface area contributed by atoms with Crippen molar-refractivity contribution in [3.05, 3.63) is 52.0 Å². The number of aliphatic hydroxyl groups is 1. The first-order chi connectivity index (χ1) is 9.63.